The first-order chi connectivity index (χ1) is 8.24. The van der Waals surface area contributed by atoms with Crippen molar-refractivity contribution in [2.24, 2.45) is 0 Å². The smallest absolute Gasteiger partial charge is 0.319 e. The highest BCUT2D eigenvalue weighted by molar-refractivity contribution is 5.89. The molecule has 0 radical (unpaired) electrons. The number of benzene rings is 1. The van der Waals surface area contributed by atoms with Gasteiger partial charge >= 0.3 is 6.03 Å². The molecule has 0 spiro atoms. The molecular formula is C12H17N3O2. The molecule has 0 bridgehead atoms. The van der Waals surface area contributed by atoms with Gasteiger partial charge in [-0.3, -0.25) is 0 Å². The number of nitrogens with one attached hydrogen (secondary N) is 2. The monoisotopic (exact) mass is 235 g/mol. The van der Waals surface area contributed by atoms with E-state index >= 15 is 0 Å². The zero-order valence-electron chi connectivity index (χ0n) is 9.61. The van der Waals surface area contributed by atoms with E-state index in [2.05, 4.69) is 10.6 Å². The molecule has 0 aromatic heterocycles. The van der Waals surface area contributed by atoms with Crippen LogP contribution in [0.3, 0.4) is 0 Å². The Hall–Kier alpha value is -1.75. The predicted molar refractivity (Wildman–Crippen MR) is 66.8 cm³/mol. The van der Waals surface area contributed by atoms with Crippen molar-refractivity contribution in [3.8, 4) is 0 Å². The Balaban J connectivity index is 1.82. The van der Waals surface area contributed by atoms with E-state index in [1.54, 1.807) is 24.3 Å². The standard InChI is InChI=1S/C12H17N3O2/c13-9-1-3-10(4-2-9)14-12(16)15-11-5-7-17-8-6-11/h1-4,11H,5-8,13H2,(H2,14,15,16). The number of ether oxygens (including phenoxy) is 1. The van der Waals surface area contributed by atoms with Crippen molar-refractivity contribution in [1.82, 2.24) is 5.32 Å². The maximum atomic E-state index is 11.7. The molecule has 2 amide bonds. The first-order valence-electron chi connectivity index (χ1n) is 5.75. The van der Waals surface area contributed by atoms with Crippen LogP contribution in [0.1, 0.15) is 12.8 Å². The maximum Gasteiger partial charge on any atom is 0.319 e. The highest BCUT2D eigenvalue weighted by Crippen LogP contribution is 2.11. The molecule has 0 unspecified atom stereocenters. The molecule has 0 saturated carbocycles. The van der Waals surface area contributed by atoms with Crippen LogP contribution < -0.4 is 16.4 Å². The summed E-state index contributed by atoms with van der Waals surface area (Å²) in [5, 5.41) is 5.69. The molecule has 1 heterocycles. The number of carbonyl (C=O) groups excluding carboxylic acids is 1. The van der Waals surface area contributed by atoms with Crippen molar-refractivity contribution in [1.29, 1.82) is 0 Å². The van der Waals surface area contributed by atoms with E-state index in [9.17, 15) is 4.79 Å². The molecule has 1 saturated heterocycles. The summed E-state index contributed by atoms with van der Waals surface area (Å²) < 4.78 is 5.23. The summed E-state index contributed by atoms with van der Waals surface area (Å²) in [7, 11) is 0. The van der Waals surface area contributed by atoms with E-state index in [1.807, 2.05) is 0 Å². The van der Waals surface area contributed by atoms with Crippen LogP contribution in [0, 0.1) is 0 Å². The average Bonchev–Trinajstić information content (AvgIpc) is 2.33. The van der Waals surface area contributed by atoms with Crippen LogP contribution in [-0.4, -0.2) is 25.3 Å². The minimum absolute atomic E-state index is 0.179. The molecule has 0 aliphatic carbocycles. The predicted octanol–water partition coefficient (Wildman–Crippen LogP) is 1.57. The topological polar surface area (TPSA) is 76.4 Å². The van der Waals surface area contributed by atoms with E-state index in [0.717, 1.165) is 18.5 Å². The summed E-state index contributed by atoms with van der Waals surface area (Å²) in [5.41, 5.74) is 6.99. The van der Waals surface area contributed by atoms with Gasteiger partial charge in [0.2, 0.25) is 0 Å². The maximum absolute atomic E-state index is 11.7. The molecule has 5 heteroatoms. The van der Waals surface area contributed by atoms with Gasteiger partial charge in [-0.2, -0.15) is 0 Å². The number of rotatable bonds is 2. The van der Waals surface area contributed by atoms with Crippen molar-refractivity contribution in [3.63, 3.8) is 0 Å². The number of nitrogen functional groups attached to an aromatic ring is 1. The molecule has 4 N–H and O–H groups in total. The second-order valence-electron chi connectivity index (χ2n) is 4.11. The highest BCUT2D eigenvalue weighted by atomic mass is 16.5. The molecule has 1 aromatic carbocycles. The lowest BCUT2D eigenvalue weighted by molar-refractivity contribution is 0.0806. The summed E-state index contributed by atoms with van der Waals surface area (Å²) in [5.74, 6) is 0. The number of carbonyl (C=O) groups is 1. The zero-order valence-corrected chi connectivity index (χ0v) is 9.61. The number of hydrogen-bond acceptors (Lipinski definition) is 3. The van der Waals surface area contributed by atoms with Gasteiger partial charge in [-0.05, 0) is 37.1 Å². The first-order valence-corrected chi connectivity index (χ1v) is 5.75. The Morgan fingerprint density at radius 2 is 1.88 bits per heavy atom. The van der Waals surface area contributed by atoms with Gasteiger partial charge < -0.3 is 21.1 Å². The lowest BCUT2D eigenvalue weighted by atomic mass is 10.1. The molecule has 1 aliphatic rings. The summed E-state index contributed by atoms with van der Waals surface area (Å²) >= 11 is 0. The first kappa shape index (κ1) is 11.7. The molecule has 1 fully saturated rings. The van der Waals surface area contributed by atoms with Crippen molar-refractivity contribution in [2.75, 3.05) is 24.3 Å². The number of urea groups is 1. The molecule has 1 aliphatic heterocycles. The van der Waals surface area contributed by atoms with Gasteiger partial charge in [0.1, 0.15) is 0 Å². The SMILES string of the molecule is Nc1ccc(NC(=O)NC2CCOCC2)cc1. The fourth-order valence-electron chi connectivity index (χ4n) is 1.76. The van der Waals surface area contributed by atoms with Gasteiger partial charge in [-0.1, -0.05) is 0 Å². The van der Waals surface area contributed by atoms with Gasteiger partial charge in [0.25, 0.3) is 0 Å². The van der Waals surface area contributed by atoms with Crippen LogP contribution in [0.5, 0.6) is 0 Å². The summed E-state index contributed by atoms with van der Waals surface area (Å²) in [6.07, 6.45) is 1.74. The summed E-state index contributed by atoms with van der Waals surface area (Å²) in [6.45, 7) is 1.43. The highest BCUT2D eigenvalue weighted by Gasteiger charge is 2.15. The lowest BCUT2D eigenvalue weighted by Crippen LogP contribution is -2.41. The van der Waals surface area contributed by atoms with Crippen LogP contribution in [0.2, 0.25) is 0 Å². The number of nitrogens with two attached hydrogens (primary N) is 1. The molecule has 2 rings (SSSR count). The number of anilines is 2. The molecule has 17 heavy (non-hydrogen) atoms. The van der Waals surface area contributed by atoms with Gasteiger partial charge in [-0.25, -0.2) is 4.79 Å². The average molecular weight is 235 g/mol. The van der Waals surface area contributed by atoms with Crippen molar-refractivity contribution in [3.05, 3.63) is 24.3 Å². The fraction of sp³-hybridized carbons (Fsp3) is 0.417. The summed E-state index contributed by atoms with van der Waals surface area (Å²) in [4.78, 5) is 11.7. The second kappa shape index (κ2) is 5.54. The third kappa shape index (κ3) is 3.64. The largest absolute Gasteiger partial charge is 0.399 e. The van der Waals surface area contributed by atoms with Gasteiger partial charge in [0.05, 0.1) is 0 Å². The van der Waals surface area contributed by atoms with E-state index in [1.165, 1.54) is 0 Å². The van der Waals surface area contributed by atoms with Crippen molar-refractivity contribution in [2.45, 2.75) is 18.9 Å². The fourth-order valence-corrected chi connectivity index (χ4v) is 1.76. The van der Waals surface area contributed by atoms with Crippen molar-refractivity contribution >= 4 is 17.4 Å². The van der Waals surface area contributed by atoms with Gasteiger partial charge in [0.15, 0.2) is 0 Å². The van der Waals surface area contributed by atoms with Gasteiger partial charge in [-0.15, -0.1) is 0 Å². The molecule has 1 aromatic rings. The number of hydrogen-bond donors (Lipinski definition) is 3. The van der Waals surface area contributed by atoms with E-state index in [4.69, 9.17) is 10.5 Å². The third-order valence-corrected chi connectivity index (χ3v) is 2.73. The third-order valence-electron chi connectivity index (χ3n) is 2.73. The quantitative estimate of drug-likeness (QED) is 0.681. The molecule has 5 nitrogen and oxygen atoms in total. The molecule has 92 valence electrons. The summed E-state index contributed by atoms with van der Waals surface area (Å²) in [6, 6.07) is 7.09. The minimum Gasteiger partial charge on any atom is -0.399 e. The Morgan fingerprint density at radius 1 is 1.24 bits per heavy atom. The normalized spacial score (nSPS) is 16.5. The van der Waals surface area contributed by atoms with Gasteiger partial charge in [0, 0.05) is 30.6 Å². The van der Waals surface area contributed by atoms with Crippen molar-refractivity contribution < 1.29 is 9.53 Å². The zero-order chi connectivity index (χ0) is 12.1. The van der Waals surface area contributed by atoms with E-state index in [-0.39, 0.29) is 12.1 Å². The molecule has 0 atom stereocenters. The van der Waals surface area contributed by atoms with Crippen LogP contribution in [0.25, 0.3) is 0 Å². The van der Waals surface area contributed by atoms with Crippen LogP contribution in [0.15, 0.2) is 24.3 Å². The second-order valence-corrected chi connectivity index (χ2v) is 4.11. The lowest BCUT2D eigenvalue weighted by Gasteiger charge is -2.23. The van der Waals surface area contributed by atoms with Crippen LogP contribution in [-0.2, 0) is 4.74 Å². The van der Waals surface area contributed by atoms with Crippen LogP contribution >= 0.6 is 0 Å². The Bertz CT molecular complexity index is 372. The Kier molecular flexibility index (Phi) is 3.82. The molecular weight excluding hydrogens is 218 g/mol. The number of amides is 2. The van der Waals surface area contributed by atoms with Crippen LogP contribution in [0.4, 0.5) is 16.2 Å². The minimum atomic E-state index is -0.179. The van der Waals surface area contributed by atoms with E-state index in [0.29, 0.717) is 18.9 Å². The Morgan fingerprint density at radius 3 is 2.53 bits per heavy atom. The Labute approximate surface area is 100 Å². The van der Waals surface area contributed by atoms with E-state index < -0.39 is 0 Å².